The molecule has 0 radical (unpaired) electrons. The van der Waals surface area contributed by atoms with E-state index in [-0.39, 0.29) is 36.4 Å². The molecule has 2 unspecified atom stereocenters. The SMILES string of the molecule is CCCC(O)CNC(=O)CC1CS(=O)(=O)CCN1. The van der Waals surface area contributed by atoms with E-state index in [9.17, 15) is 18.3 Å². The molecule has 3 N–H and O–H groups in total. The molecule has 7 heteroatoms. The van der Waals surface area contributed by atoms with E-state index in [0.29, 0.717) is 13.0 Å². The topological polar surface area (TPSA) is 95.5 Å². The van der Waals surface area contributed by atoms with Crippen LogP contribution in [-0.4, -0.2) is 56.2 Å². The lowest BCUT2D eigenvalue weighted by molar-refractivity contribution is -0.122. The lowest BCUT2D eigenvalue weighted by Crippen LogP contribution is -2.47. The Labute approximate surface area is 108 Å². The minimum absolute atomic E-state index is 0.0118. The number of aliphatic hydroxyl groups excluding tert-OH is 1. The number of amides is 1. The Morgan fingerprint density at radius 3 is 2.89 bits per heavy atom. The summed E-state index contributed by atoms with van der Waals surface area (Å²) in [7, 11) is -3.01. The van der Waals surface area contributed by atoms with Crippen LogP contribution in [0, 0.1) is 0 Å². The van der Waals surface area contributed by atoms with Gasteiger partial charge in [-0.15, -0.1) is 0 Å². The standard InChI is InChI=1S/C11H22N2O4S/c1-2-3-10(14)7-13-11(15)6-9-8-18(16,17)5-4-12-9/h9-10,12,14H,2-8H2,1H3,(H,13,15). The Balaban J connectivity index is 2.27. The Bertz CT molecular complexity index is 369. The monoisotopic (exact) mass is 278 g/mol. The molecule has 0 aromatic rings. The molecule has 2 atom stereocenters. The maximum atomic E-state index is 11.6. The van der Waals surface area contributed by atoms with Gasteiger partial charge in [0.15, 0.2) is 9.84 Å². The number of aliphatic hydroxyl groups is 1. The maximum Gasteiger partial charge on any atom is 0.221 e. The summed E-state index contributed by atoms with van der Waals surface area (Å²) in [5.74, 6) is -0.0714. The molecule has 106 valence electrons. The first-order chi connectivity index (χ1) is 8.43. The molecule has 1 aliphatic rings. The molecule has 1 aliphatic heterocycles. The highest BCUT2D eigenvalue weighted by atomic mass is 32.2. The van der Waals surface area contributed by atoms with Gasteiger partial charge in [-0.2, -0.15) is 0 Å². The van der Waals surface area contributed by atoms with Crippen LogP contribution in [0.5, 0.6) is 0 Å². The molecule has 0 spiro atoms. The summed E-state index contributed by atoms with van der Waals surface area (Å²) in [5.41, 5.74) is 0. The van der Waals surface area contributed by atoms with Crippen molar-refractivity contribution in [2.75, 3.05) is 24.6 Å². The molecule has 0 bridgehead atoms. The van der Waals surface area contributed by atoms with Crippen LogP contribution < -0.4 is 10.6 Å². The van der Waals surface area contributed by atoms with Crippen LogP contribution >= 0.6 is 0 Å². The van der Waals surface area contributed by atoms with Crippen LogP contribution in [0.3, 0.4) is 0 Å². The Morgan fingerprint density at radius 2 is 2.28 bits per heavy atom. The summed E-state index contributed by atoms with van der Waals surface area (Å²) < 4.78 is 22.8. The van der Waals surface area contributed by atoms with Crippen molar-refractivity contribution in [1.29, 1.82) is 0 Å². The second-order valence-electron chi connectivity index (χ2n) is 4.72. The molecule has 1 heterocycles. The van der Waals surface area contributed by atoms with Crippen molar-refractivity contribution in [1.82, 2.24) is 10.6 Å². The number of rotatable bonds is 6. The largest absolute Gasteiger partial charge is 0.391 e. The average Bonchev–Trinajstić information content (AvgIpc) is 2.25. The number of sulfone groups is 1. The summed E-state index contributed by atoms with van der Waals surface area (Å²) in [6.07, 6.45) is 1.12. The fourth-order valence-electron chi connectivity index (χ4n) is 1.96. The predicted molar refractivity (Wildman–Crippen MR) is 69.0 cm³/mol. The van der Waals surface area contributed by atoms with Crippen LogP contribution in [0.1, 0.15) is 26.2 Å². The smallest absolute Gasteiger partial charge is 0.221 e. The van der Waals surface area contributed by atoms with E-state index in [4.69, 9.17) is 0 Å². The second-order valence-corrected chi connectivity index (χ2v) is 6.94. The van der Waals surface area contributed by atoms with Gasteiger partial charge in [0.05, 0.1) is 17.6 Å². The van der Waals surface area contributed by atoms with Crippen molar-refractivity contribution in [2.24, 2.45) is 0 Å². The zero-order valence-electron chi connectivity index (χ0n) is 10.7. The van der Waals surface area contributed by atoms with Crippen molar-refractivity contribution in [3.8, 4) is 0 Å². The van der Waals surface area contributed by atoms with E-state index in [2.05, 4.69) is 10.6 Å². The molecule has 1 amide bonds. The van der Waals surface area contributed by atoms with E-state index >= 15 is 0 Å². The van der Waals surface area contributed by atoms with Crippen molar-refractivity contribution in [2.45, 2.75) is 38.3 Å². The first-order valence-electron chi connectivity index (χ1n) is 6.31. The lowest BCUT2D eigenvalue weighted by Gasteiger charge is -2.23. The van der Waals surface area contributed by atoms with E-state index in [0.717, 1.165) is 6.42 Å². The molecule has 0 aromatic heterocycles. The van der Waals surface area contributed by atoms with Gasteiger partial charge >= 0.3 is 0 Å². The van der Waals surface area contributed by atoms with Gasteiger partial charge in [0.2, 0.25) is 5.91 Å². The maximum absolute atomic E-state index is 11.6. The first kappa shape index (κ1) is 15.4. The summed E-state index contributed by atoms with van der Waals surface area (Å²) in [6.45, 7) is 2.59. The highest BCUT2D eigenvalue weighted by Gasteiger charge is 2.25. The Morgan fingerprint density at radius 1 is 1.56 bits per heavy atom. The van der Waals surface area contributed by atoms with E-state index in [1.54, 1.807) is 0 Å². The molecule has 0 aliphatic carbocycles. The second kappa shape index (κ2) is 7.06. The third-order valence-corrected chi connectivity index (χ3v) is 4.63. The Kier molecular flexibility index (Phi) is 6.04. The molecular formula is C11H22N2O4S. The van der Waals surface area contributed by atoms with Gasteiger partial charge in [-0.1, -0.05) is 13.3 Å². The van der Waals surface area contributed by atoms with Gasteiger partial charge in [0.1, 0.15) is 0 Å². The quantitative estimate of drug-likeness (QED) is 0.581. The van der Waals surface area contributed by atoms with Crippen LogP contribution in [-0.2, 0) is 14.6 Å². The van der Waals surface area contributed by atoms with Gasteiger partial charge in [0, 0.05) is 25.6 Å². The molecule has 1 rings (SSSR count). The highest BCUT2D eigenvalue weighted by Crippen LogP contribution is 2.05. The molecule has 1 saturated heterocycles. The zero-order valence-corrected chi connectivity index (χ0v) is 11.5. The van der Waals surface area contributed by atoms with Gasteiger partial charge in [-0.05, 0) is 6.42 Å². The summed E-state index contributed by atoms with van der Waals surface area (Å²) in [6, 6.07) is -0.313. The summed E-state index contributed by atoms with van der Waals surface area (Å²) >= 11 is 0. The molecule has 18 heavy (non-hydrogen) atoms. The van der Waals surface area contributed by atoms with Crippen LogP contribution in [0.25, 0.3) is 0 Å². The molecule has 6 nitrogen and oxygen atoms in total. The normalized spacial score (nSPS) is 24.4. The van der Waals surface area contributed by atoms with E-state index < -0.39 is 15.9 Å². The third-order valence-electron chi connectivity index (χ3n) is 2.89. The lowest BCUT2D eigenvalue weighted by atomic mass is 10.2. The number of carbonyl (C=O) groups is 1. The molecular weight excluding hydrogens is 256 g/mol. The van der Waals surface area contributed by atoms with Crippen LogP contribution in [0.2, 0.25) is 0 Å². The van der Waals surface area contributed by atoms with Crippen molar-refractivity contribution < 1.29 is 18.3 Å². The number of hydrogen-bond acceptors (Lipinski definition) is 5. The van der Waals surface area contributed by atoms with Gasteiger partial charge in [-0.25, -0.2) is 8.42 Å². The van der Waals surface area contributed by atoms with Crippen molar-refractivity contribution in [3.63, 3.8) is 0 Å². The van der Waals surface area contributed by atoms with Gasteiger partial charge < -0.3 is 15.7 Å². The fraction of sp³-hybridized carbons (Fsp3) is 0.909. The highest BCUT2D eigenvalue weighted by molar-refractivity contribution is 7.91. The summed E-state index contributed by atoms with van der Waals surface area (Å²) in [4.78, 5) is 11.6. The number of carbonyl (C=O) groups excluding carboxylic acids is 1. The minimum atomic E-state index is -3.01. The number of nitrogens with one attached hydrogen (secondary N) is 2. The van der Waals surface area contributed by atoms with Crippen molar-refractivity contribution in [3.05, 3.63) is 0 Å². The average molecular weight is 278 g/mol. The fourth-order valence-corrected chi connectivity index (χ4v) is 3.41. The van der Waals surface area contributed by atoms with E-state index in [1.807, 2.05) is 6.92 Å². The van der Waals surface area contributed by atoms with Crippen LogP contribution in [0.15, 0.2) is 0 Å². The number of hydrogen-bond donors (Lipinski definition) is 3. The van der Waals surface area contributed by atoms with E-state index in [1.165, 1.54) is 0 Å². The van der Waals surface area contributed by atoms with Gasteiger partial charge in [-0.3, -0.25) is 4.79 Å². The zero-order chi connectivity index (χ0) is 13.6. The predicted octanol–water partition coefficient (Wildman–Crippen LogP) is -0.960. The third kappa shape index (κ3) is 5.79. The molecule has 0 aromatic carbocycles. The molecule has 1 fully saturated rings. The molecule has 0 saturated carbocycles. The van der Waals surface area contributed by atoms with Crippen LogP contribution in [0.4, 0.5) is 0 Å². The minimum Gasteiger partial charge on any atom is -0.391 e. The first-order valence-corrected chi connectivity index (χ1v) is 8.13. The van der Waals surface area contributed by atoms with Gasteiger partial charge in [0.25, 0.3) is 0 Å². The Hall–Kier alpha value is -0.660. The summed E-state index contributed by atoms with van der Waals surface area (Å²) in [5, 5.41) is 15.1. The van der Waals surface area contributed by atoms with Crippen molar-refractivity contribution >= 4 is 15.7 Å².